The molecule has 1 atom stereocenters. The van der Waals surface area contributed by atoms with Crippen LogP contribution in [0, 0.1) is 35.0 Å². The normalized spacial score (nSPS) is 12.1. The van der Waals surface area contributed by atoms with Gasteiger partial charge in [0.1, 0.15) is 0 Å². The Morgan fingerprint density at radius 2 is 1.55 bits per heavy atom. The van der Waals surface area contributed by atoms with Crippen LogP contribution in [-0.4, -0.2) is 13.1 Å². The molecule has 1 unspecified atom stereocenters. The lowest BCUT2D eigenvalue weighted by atomic mass is 9.95. The number of halogens is 5. The van der Waals surface area contributed by atoms with E-state index in [1.165, 1.54) is 6.08 Å². The fraction of sp³-hybridized carbons (Fsp3) is 0.308. The van der Waals surface area contributed by atoms with Gasteiger partial charge in [0.15, 0.2) is 23.3 Å². The minimum absolute atomic E-state index is 0.278. The first kappa shape index (κ1) is 16.1. The van der Waals surface area contributed by atoms with Crippen LogP contribution in [0.2, 0.25) is 0 Å². The van der Waals surface area contributed by atoms with E-state index in [1.807, 2.05) is 0 Å². The Morgan fingerprint density at radius 3 is 1.95 bits per heavy atom. The molecule has 0 radical (unpaired) electrons. The summed E-state index contributed by atoms with van der Waals surface area (Å²) in [6.45, 7) is 3.35. The maximum atomic E-state index is 13.4. The molecule has 0 aliphatic carbocycles. The summed E-state index contributed by atoms with van der Waals surface area (Å²) in [4.78, 5) is 11.1. The van der Waals surface area contributed by atoms with Gasteiger partial charge in [0.25, 0.3) is 0 Å². The predicted octanol–water partition coefficient (Wildman–Crippen LogP) is 3.29. The topological polar surface area (TPSA) is 26.3 Å². The average molecular weight is 294 g/mol. The molecule has 0 spiro atoms. The van der Waals surface area contributed by atoms with Crippen molar-refractivity contribution in [1.82, 2.24) is 0 Å². The number of esters is 1. The van der Waals surface area contributed by atoms with E-state index in [0.717, 1.165) is 7.11 Å². The first-order valence-corrected chi connectivity index (χ1v) is 5.53. The molecule has 1 aromatic rings. The van der Waals surface area contributed by atoms with Gasteiger partial charge in [-0.1, -0.05) is 6.08 Å². The third-order valence-corrected chi connectivity index (χ3v) is 2.76. The Bertz CT molecular complexity index is 513. The predicted molar refractivity (Wildman–Crippen MR) is 60.3 cm³/mol. The highest BCUT2D eigenvalue weighted by Crippen LogP contribution is 2.26. The van der Waals surface area contributed by atoms with Crippen molar-refractivity contribution in [3.05, 3.63) is 47.3 Å². The summed E-state index contributed by atoms with van der Waals surface area (Å²) in [5.41, 5.74) is -0.977. The number of hydrogen-bond donors (Lipinski definition) is 0. The van der Waals surface area contributed by atoms with Crippen LogP contribution in [0.15, 0.2) is 12.7 Å². The zero-order valence-electron chi connectivity index (χ0n) is 10.5. The largest absolute Gasteiger partial charge is 0.469 e. The van der Waals surface area contributed by atoms with E-state index in [1.54, 1.807) is 0 Å². The van der Waals surface area contributed by atoms with Crippen molar-refractivity contribution in [2.45, 2.75) is 12.8 Å². The van der Waals surface area contributed by atoms with Gasteiger partial charge in [-0.25, -0.2) is 22.0 Å². The molecule has 1 rings (SSSR count). The quantitative estimate of drug-likeness (QED) is 0.274. The first-order chi connectivity index (χ1) is 9.33. The Kier molecular flexibility index (Phi) is 5.24. The number of methoxy groups -OCH3 is 1. The van der Waals surface area contributed by atoms with Gasteiger partial charge in [-0.3, -0.25) is 4.79 Å². The molecule has 7 heteroatoms. The maximum absolute atomic E-state index is 13.4. The van der Waals surface area contributed by atoms with E-state index < -0.39 is 53.0 Å². The van der Waals surface area contributed by atoms with Crippen LogP contribution in [0.1, 0.15) is 12.0 Å². The molecule has 0 saturated heterocycles. The van der Waals surface area contributed by atoms with Crippen molar-refractivity contribution in [2.75, 3.05) is 7.11 Å². The average Bonchev–Trinajstić information content (AvgIpc) is 2.45. The second-order valence-corrected chi connectivity index (χ2v) is 4.03. The van der Waals surface area contributed by atoms with Gasteiger partial charge >= 0.3 is 5.97 Å². The zero-order valence-corrected chi connectivity index (χ0v) is 10.5. The lowest BCUT2D eigenvalue weighted by Gasteiger charge is -2.13. The summed E-state index contributed by atoms with van der Waals surface area (Å²) < 4.78 is 70.1. The Morgan fingerprint density at radius 1 is 1.10 bits per heavy atom. The van der Waals surface area contributed by atoms with Gasteiger partial charge < -0.3 is 4.74 Å². The fourth-order valence-corrected chi connectivity index (χ4v) is 1.63. The molecule has 0 aromatic heterocycles. The lowest BCUT2D eigenvalue weighted by molar-refractivity contribution is -0.141. The van der Waals surface area contributed by atoms with Crippen LogP contribution in [-0.2, 0) is 16.0 Å². The van der Waals surface area contributed by atoms with Gasteiger partial charge in [-0.2, -0.15) is 0 Å². The van der Waals surface area contributed by atoms with Crippen LogP contribution in [0.3, 0.4) is 0 Å². The number of carbonyl (C=O) groups excluding carboxylic acids is 1. The second-order valence-electron chi connectivity index (χ2n) is 4.03. The van der Waals surface area contributed by atoms with Gasteiger partial charge in [0.2, 0.25) is 5.82 Å². The van der Waals surface area contributed by atoms with Crippen molar-refractivity contribution < 1.29 is 31.5 Å². The van der Waals surface area contributed by atoms with Crippen molar-refractivity contribution >= 4 is 5.97 Å². The molecule has 2 nitrogen and oxygen atoms in total. The Labute approximate surface area is 111 Å². The summed E-state index contributed by atoms with van der Waals surface area (Å²) >= 11 is 0. The fourth-order valence-electron chi connectivity index (χ4n) is 1.63. The molecular formula is C13H11F5O2. The van der Waals surface area contributed by atoms with E-state index in [9.17, 15) is 26.7 Å². The molecule has 110 valence electrons. The SMILES string of the molecule is C=CC(CC(=O)OC)Cc1c(F)c(F)c(F)c(F)c1F. The number of hydrogen-bond acceptors (Lipinski definition) is 2. The van der Waals surface area contributed by atoms with Crippen molar-refractivity contribution in [3.63, 3.8) is 0 Å². The Hall–Kier alpha value is -1.92. The van der Waals surface area contributed by atoms with Gasteiger partial charge in [0, 0.05) is 5.56 Å². The third-order valence-electron chi connectivity index (χ3n) is 2.76. The van der Waals surface area contributed by atoms with Gasteiger partial charge in [0.05, 0.1) is 13.5 Å². The molecule has 1 aromatic carbocycles. The van der Waals surface area contributed by atoms with E-state index in [0.29, 0.717) is 0 Å². The third kappa shape index (κ3) is 3.15. The molecule has 0 fully saturated rings. The zero-order chi connectivity index (χ0) is 15.4. The summed E-state index contributed by atoms with van der Waals surface area (Å²) in [5, 5.41) is 0. The smallest absolute Gasteiger partial charge is 0.306 e. The summed E-state index contributed by atoms with van der Waals surface area (Å²) in [6.07, 6.45) is 0.360. The van der Waals surface area contributed by atoms with Gasteiger partial charge in [-0.15, -0.1) is 6.58 Å². The number of allylic oxidation sites excluding steroid dienone is 1. The van der Waals surface area contributed by atoms with E-state index >= 15 is 0 Å². The highest BCUT2D eigenvalue weighted by atomic mass is 19.2. The molecule has 0 aliphatic heterocycles. The molecule has 20 heavy (non-hydrogen) atoms. The minimum Gasteiger partial charge on any atom is -0.469 e. The van der Waals surface area contributed by atoms with Crippen LogP contribution in [0.4, 0.5) is 22.0 Å². The van der Waals surface area contributed by atoms with Crippen molar-refractivity contribution in [2.24, 2.45) is 5.92 Å². The highest BCUT2D eigenvalue weighted by Gasteiger charge is 2.27. The van der Waals surface area contributed by atoms with Crippen LogP contribution in [0.25, 0.3) is 0 Å². The Balaban J connectivity index is 3.14. The van der Waals surface area contributed by atoms with E-state index in [-0.39, 0.29) is 6.42 Å². The number of benzene rings is 1. The van der Waals surface area contributed by atoms with Gasteiger partial charge in [-0.05, 0) is 12.3 Å². The molecule has 0 amide bonds. The lowest BCUT2D eigenvalue weighted by Crippen LogP contribution is -2.14. The minimum atomic E-state index is -2.22. The molecule has 0 bridgehead atoms. The standard InChI is InChI=1S/C13H11F5O2/c1-3-6(5-8(19)20-2)4-7-9(14)11(16)13(18)12(17)10(7)15/h3,6H,1,4-5H2,2H3. The summed E-state index contributed by atoms with van der Waals surface area (Å²) in [7, 11) is 1.11. The molecule has 0 saturated carbocycles. The molecular weight excluding hydrogens is 283 g/mol. The molecule has 0 aliphatic rings. The van der Waals surface area contributed by atoms with Crippen molar-refractivity contribution in [3.8, 4) is 0 Å². The van der Waals surface area contributed by atoms with E-state index in [4.69, 9.17) is 0 Å². The monoisotopic (exact) mass is 294 g/mol. The first-order valence-electron chi connectivity index (χ1n) is 5.53. The maximum Gasteiger partial charge on any atom is 0.306 e. The van der Waals surface area contributed by atoms with E-state index in [2.05, 4.69) is 11.3 Å². The van der Waals surface area contributed by atoms with Crippen LogP contribution in [0.5, 0.6) is 0 Å². The number of carbonyl (C=O) groups is 1. The number of rotatable bonds is 5. The molecule has 0 heterocycles. The van der Waals surface area contributed by atoms with Crippen LogP contribution < -0.4 is 0 Å². The summed E-state index contributed by atoms with van der Waals surface area (Å²) in [6, 6.07) is 0. The van der Waals surface area contributed by atoms with Crippen molar-refractivity contribution in [1.29, 1.82) is 0 Å². The molecule has 0 N–H and O–H groups in total. The number of ether oxygens (including phenoxy) is 1. The highest BCUT2D eigenvalue weighted by molar-refractivity contribution is 5.69. The van der Waals surface area contributed by atoms with Crippen LogP contribution >= 0.6 is 0 Å². The summed E-state index contributed by atoms with van der Waals surface area (Å²) in [5.74, 6) is -11.5. The second kappa shape index (κ2) is 6.49.